The van der Waals surface area contributed by atoms with Crippen LogP contribution in [-0.4, -0.2) is 14.5 Å². The highest BCUT2D eigenvalue weighted by atomic mass is 16.6. The zero-order valence-electron chi connectivity index (χ0n) is 8.41. The van der Waals surface area contributed by atoms with Crippen LogP contribution in [-0.2, 0) is 6.54 Å². The van der Waals surface area contributed by atoms with Crippen LogP contribution in [0.4, 0.5) is 5.82 Å². The van der Waals surface area contributed by atoms with E-state index < -0.39 is 4.92 Å². The SMILES string of the molecule is NCc1ccc(-n2cnc([N+](=O)[O-])c2)cc1. The molecule has 2 aromatic rings. The molecular weight excluding hydrogens is 208 g/mol. The lowest BCUT2D eigenvalue weighted by Gasteiger charge is -2.01. The molecule has 0 aliphatic rings. The van der Waals surface area contributed by atoms with Crippen molar-refractivity contribution in [3.8, 4) is 5.69 Å². The van der Waals surface area contributed by atoms with E-state index >= 15 is 0 Å². The Kier molecular flexibility index (Phi) is 2.65. The first-order valence-electron chi connectivity index (χ1n) is 4.68. The standard InChI is InChI=1S/C10H10N4O2/c11-5-8-1-3-9(4-2-8)13-6-10(12-7-13)14(15)16/h1-4,6-7H,5,11H2. The fourth-order valence-corrected chi connectivity index (χ4v) is 1.35. The molecule has 0 bridgehead atoms. The predicted octanol–water partition coefficient (Wildman–Crippen LogP) is 1.24. The van der Waals surface area contributed by atoms with Crippen LogP contribution >= 0.6 is 0 Å². The summed E-state index contributed by atoms with van der Waals surface area (Å²) in [5.74, 6) is -0.164. The molecule has 0 fully saturated rings. The molecule has 0 saturated heterocycles. The van der Waals surface area contributed by atoms with Crippen molar-refractivity contribution < 1.29 is 4.92 Å². The fourth-order valence-electron chi connectivity index (χ4n) is 1.35. The third kappa shape index (κ3) is 1.91. The predicted molar refractivity (Wildman–Crippen MR) is 58.1 cm³/mol. The van der Waals surface area contributed by atoms with Crippen molar-refractivity contribution in [3.63, 3.8) is 0 Å². The minimum absolute atomic E-state index is 0.164. The highest BCUT2D eigenvalue weighted by Gasteiger charge is 2.10. The van der Waals surface area contributed by atoms with Crippen molar-refractivity contribution >= 4 is 5.82 Å². The molecule has 1 aromatic heterocycles. The first-order valence-corrected chi connectivity index (χ1v) is 4.68. The molecule has 16 heavy (non-hydrogen) atoms. The Morgan fingerprint density at radius 3 is 2.56 bits per heavy atom. The monoisotopic (exact) mass is 218 g/mol. The second-order valence-electron chi connectivity index (χ2n) is 3.27. The van der Waals surface area contributed by atoms with Gasteiger partial charge in [0.25, 0.3) is 0 Å². The molecule has 6 heteroatoms. The molecule has 0 amide bonds. The van der Waals surface area contributed by atoms with Gasteiger partial charge in [0.1, 0.15) is 6.20 Å². The number of nitrogens with two attached hydrogens (primary N) is 1. The normalized spacial score (nSPS) is 10.3. The zero-order valence-corrected chi connectivity index (χ0v) is 8.41. The average Bonchev–Trinajstić information content (AvgIpc) is 2.78. The summed E-state index contributed by atoms with van der Waals surface area (Å²) in [4.78, 5) is 13.6. The van der Waals surface area contributed by atoms with Gasteiger partial charge in [0.05, 0.1) is 0 Å². The van der Waals surface area contributed by atoms with Crippen molar-refractivity contribution in [2.75, 3.05) is 0 Å². The first-order chi connectivity index (χ1) is 7.70. The van der Waals surface area contributed by atoms with Gasteiger partial charge in [-0.1, -0.05) is 12.1 Å². The smallest absolute Gasteiger partial charge is 0.358 e. The largest absolute Gasteiger partial charge is 0.381 e. The maximum absolute atomic E-state index is 10.5. The van der Waals surface area contributed by atoms with E-state index in [0.717, 1.165) is 11.3 Å². The molecule has 1 heterocycles. The highest BCUT2D eigenvalue weighted by molar-refractivity contribution is 5.36. The summed E-state index contributed by atoms with van der Waals surface area (Å²) in [6, 6.07) is 7.43. The molecule has 2 rings (SSSR count). The van der Waals surface area contributed by atoms with Crippen LogP contribution < -0.4 is 5.73 Å². The molecular formula is C10H10N4O2. The zero-order chi connectivity index (χ0) is 11.5. The van der Waals surface area contributed by atoms with Gasteiger partial charge in [-0.25, -0.2) is 0 Å². The minimum Gasteiger partial charge on any atom is -0.358 e. The molecule has 0 saturated carbocycles. The molecule has 0 unspecified atom stereocenters. The number of aromatic nitrogens is 2. The highest BCUT2D eigenvalue weighted by Crippen LogP contribution is 2.13. The maximum atomic E-state index is 10.5. The molecule has 6 nitrogen and oxygen atoms in total. The Bertz CT molecular complexity index is 504. The quantitative estimate of drug-likeness (QED) is 0.620. The van der Waals surface area contributed by atoms with Crippen molar-refractivity contribution in [1.82, 2.24) is 9.55 Å². The lowest BCUT2D eigenvalue weighted by Crippen LogP contribution is -1.96. The van der Waals surface area contributed by atoms with Gasteiger partial charge in [-0.15, -0.1) is 0 Å². The average molecular weight is 218 g/mol. The molecule has 0 spiro atoms. The van der Waals surface area contributed by atoms with Crippen LogP contribution in [0.2, 0.25) is 0 Å². The Morgan fingerprint density at radius 1 is 1.38 bits per heavy atom. The van der Waals surface area contributed by atoms with Crippen molar-refractivity contribution in [1.29, 1.82) is 0 Å². The fraction of sp³-hybridized carbons (Fsp3) is 0.100. The summed E-state index contributed by atoms with van der Waals surface area (Å²) >= 11 is 0. The third-order valence-corrected chi connectivity index (χ3v) is 2.23. The van der Waals surface area contributed by atoms with E-state index in [1.165, 1.54) is 12.5 Å². The van der Waals surface area contributed by atoms with Gasteiger partial charge in [-0.05, 0) is 27.6 Å². The summed E-state index contributed by atoms with van der Waals surface area (Å²) in [5.41, 5.74) is 7.30. The van der Waals surface area contributed by atoms with E-state index in [4.69, 9.17) is 5.73 Å². The lowest BCUT2D eigenvalue weighted by atomic mass is 10.2. The van der Waals surface area contributed by atoms with Crippen LogP contribution in [0.25, 0.3) is 5.69 Å². The van der Waals surface area contributed by atoms with E-state index in [0.29, 0.717) is 6.54 Å². The minimum atomic E-state index is -0.523. The van der Waals surface area contributed by atoms with Gasteiger partial charge in [0.15, 0.2) is 0 Å². The summed E-state index contributed by atoms with van der Waals surface area (Å²) in [6.45, 7) is 0.477. The third-order valence-electron chi connectivity index (χ3n) is 2.23. The van der Waals surface area contributed by atoms with Gasteiger partial charge < -0.3 is 15.8 Å². The molecule has 0 atom stereocenters. The summed E-state index contributed by atoms with van der Waals surface area (Å²) in [6.07, 6.45) is 2.78. The number of hydrogen-bond acceptors (Lipinski definition) is 4. The van der Waals surface area contributed by atoms with Crippen molar-refractivity contribution in [2.45, 2.75) is 6.54 Å². The van der Waals surface area contributed by atoms with Crippen LogP contribution in [0.3, 0.4) is 0 Å². The summed E-state index contributed by atoms with van der Waals surface area (Å²) in [7, 11) is 0. The van der Waals surface area contributed by atoms with Crippen molar-refractivity contribution in [2.24, 2.45) is 5.73 Å². The number of benzene rings is 1. The summed E-state index contributed by atoms with van der Waals surface area (Å²) < 4.78 is 1.60. The van der Waals surface area contributed by atoms with E-state index in [1.807, 2.05) is 24.3 Å². The first kappa shape index (κ1) is 10.3. The Morgan fingerprint density at radius 2 is 2.06 bits per heavy atom. The number of hydrogen-bond donors (Lipinski definition) is 1. The van der Waals surface area contributed by atoms with E-state index in [2.05, 4.69) is 4.98 Å². The number of nitro groups is 1. The van der Waals surface area contributed by atoms with Crippen LogP contribution in [0.1, 0.15) is 5.56 Å². The van der Waals surface area contributed by atoms with E-state index in [-0.39, 0.29) is 5.82 Å². The van der Waals surface area contributed by atoms with Gasteiger partial charge in [0, 0.05) is 12.2 Å². The van der Waals surface area contributed by atoms with Crippen LogP contribution in [0, 0.1) is 10.1 Å². The van der Waals surface area contributed by atoms with Crippen molar-refractivity contribution in [3.05, 3.63) is 52.5 Å². The second-order valence-corrected chi connectivity index (χ2v) is 3.27. The summed E-state index contributed by atoms with van der Waals surface area (Å²) in [5, 5.41) is 10.5. The molecule has 0 aliphatic heterocycles. The van der Waals surface area contributed by atoms with E-state index in [9.17, 15) is 10.1 Å². The topological polar surface area (TPSA) is 87.0 Å². The molecule has 0 aliphatic carbocycles. The molecule has 1 aromatic carbocycles. The Balaban J connectivity index is 2.31. The van der Waals surface area contributed by atoms with Crippen LogP contribution in [0.15, 0.2) is 36.8 Å². The lowest BCUT2D eigenvalue weighted by molar-refractivity contribution is -0.389. The van der Waals surface area contributed by atoms with Gasteiger partial charge in [0.2, 0.25) is 6.33 Å². The Hall–Kier alpha value is -2.21. The number of imidazole rings is 1. The van der Waals surface area contributed by atoms with E-state index in [1.54, 1.807) is 4.57 Å². The molecule has 0 radical (unpaired) electrons. The van der Waals surface area contributed by atoms with Crippen LogP contribution in [0.5, 0.6) is 0 Å². The van der Waals surface area contributed by atoms with Gasteiger partial charge >= 0.3 is 5.82 Å². The maximum Gasteiger partial charge on any atom is 0.381 e. The van der Waals surface area contributed by atoms with Gasteiger partial charge in [-0.3, -0.25) is 4.57 Å². The van der Waals surface area contributed by atoms with Gasteiger partial charge in [-0.2, -0.15) is 0 Å². The molecule has 2 N–H and O–H groups in total. The Labute approximate surface area is 91.5 Å². The number of rotatable bonds is 3. The molecule has 82 valence electrons. The number of nitrogens with zero attached hydrogens (tertiary/aromatic N) is 3. The second kappa shape index (κ2) is 4.11.